The smallest absolute Gasteiger partial charge is 0.287 e. The standard InChI is InChI=1S/C21H25F3N2O/c1-19(2,3)16-11-10-15(13-8-6-7-9-14(13)16)18(21(22,23)24)26-20(4,5)12-17(27)25-26/h6-11,18H,12H2,1-5H3,(H,25,27)/t18-/m0/s1. The van der Waals surface area contributed by atoms with Gasteiger partial charge in [-0.3, -0.25) is 10.2 Å². The Morgan fingerprint density at radius 3 is 2.11 bits per heavy atom. The minimum Gasteiger partial charge on any atom is -0.287 e. The van der Waals surface area contributed by atoms with Gasteiger partial charge in [-0.25, -0.2) is 0 Å². The lowest BCUT2D eigenvalue weighted by atomic mass is 9.81. The summed E-state index contributed by atoms with van der Waals surface area (Å²) in [4.78, 5) is 11.9. The number of fused-ring (bicyclic) bond motifs is 1. The zero-order chi connectivity index (χ0) is 20.2. The SMILES string of the molecule is CC(C)(C)c1ccc([C@H](N2NC(=O)CC2(C)C)C(F)(F)F)c2ccccc12. The van der Waals surface area contributed by atoms with E-state index in [2.05, 4.69) is 5.43 Å². The largest absolute Gasteiger partial charge is 0.409 e. The van der Waals surface area contributed by atoms with Gasteiger partial charge < -0.3 is 0 Å². The van der Waals surface area contributed by atoms with Gasteiger partial charge in [0, 0.05) is 12.0 Å². The normalized spacial score (nSPS) is 19.3. The van der Waals surface area contributed by atoms with E-state index in [9.17, 15) is 18.0 Å². The minimum atomic E-state index is -4.54. The van der Waals surface area contributed by atoms with Crippen LogP contribution in [0.1, 0.15) is 58.2 Å². The molecule has 3 nitrogen and oxygen atoms in total. The number of benzene rings is 2. The summed E-state index contributed by atoms with van der Waals surface area (Å²) in [5.74, 6) is -0.398. The highest BCUT2D eigenvalue weighted by molar-refractivity contribution is 5.90. The number of hydrazine groups is 1. The van der Waals surface area contributed by atoms with Crippen LogP contribution in [0.15, 0.2) is 36.4 Å². The fourth-order valence-corrected chi connectivity index (χ4v) is 3.89. The third-order valence-electron chi connectivity index (χ3n) is 5.12. The van der Waals surface area contributed by atoms with Crippen LogP contribution in [-0.4, -0.2) is 22.6 Å². The fourth-order valence-electron chi connectivity index (χ4n) is 3.89. The molecular formula is C21H25F3N2O. The van der Waals surface area contributed by atoms with Gasteiger partial charge in [-0.05, 0) is 41.2 Å². The topological polar surface area (TPSA) is 32.3 Å². The number of rotatable bonds is 2. The van der Waals surface area contributed by atoms with Gasteiger partial charge in [-0.15, -0.1) is 0 Å². The van der Waals surface area contributed by atoms with Gasteiger partial charge in [0.15, 0.2) is 6.04 Å². The average molecular weight is 378 g/mol. The predicted octanol–water partition coefficient (Wildman–Crippen LogP) is 5.26. The second kappa shape index (κ2) is 6.23. The number of nitrogens with zero attached hydrogens (tertiary/aromatic N) is 1. The molecule has 1 fully saturated rings. The quantitative estimate of drug-likeness (QED) is 0.773. The Morgan fingerprint density at radius 2 is 1.63 bits per heavy atom. The van der Waals surface area contributed by atoms with Crippen molar-refractivity contribution >= 4 is 16.7 Å². The van der Waals surface area contributed by atoms with E-state index in [4.69, 9.17) is 0 Å². The van der Waals surface area contributed by atoms with Gasteiger partial charge in [0.1, 0.15) is 0 Å². The molecule has 1 saturated heterocycles. The molecule has 0 saturated carbocycles. The van der Waals surface area contributed by atoms with Crippen LogP contribution in [-0.2, 0) is 10.2 Å². The second-order valence-electron chi connectivity index (χ2n) is 8.84. The van der Waals surface area contributed by atoms with Crippen molar-refractivity contribution in [3.05, 3.63) is 47.5 Å². The highest BCUT2D eigenvalue weighted by atomic mass is 19.4. The van der Waals surface area contributed by atoms with Crippen molar-refractivity contribution in [2.75, 3.05) is 0 Å². The molecule has 6 heteroatoms. The second-order valence-corrected chi connectivity index (χ2v) is 8.84. The molecule has 1 atom stereocenters. The zero-order valence-corrected chi connectivity index (χ0v) is 16.2. The molecule has 0 radical (unpaired) electrons. The lowest BCUT2D eigenvalue weighted by Gasteiger charge is -2.38. The summed E-state index contributed by atoms with van der Waals surface area (Å²) in [5.41, 5.74) is 2.44. The summed E-state index contributed by atoms with van der Waals surface area (Å²) in [6.07, 6.45) is -4.52. The van der Waals surface area contributed by atoms with Crippen molar-refractivity contribution < 1.29 is 18.0 Å². The molecule has 0 bridgehead atoms. The Labute approximate surface area is 157 Å². The molecule has 1 amide bonds. The van der Waals surface area contributed by atoms with Crippen LogP contribution < -0.4 is 5.43 Å². The van der Waals surface area contributed by atoms with Crippen LogP contribution in [0.5, 0.6) is 0 Å². The van der Waals surface area contributed by atoms with Gasteiger partial charge in [0.25, 0.3) is 0 Å². The van der Waals surface area contributed by atoms with Crippen molar-refractivity contribution in [2.24, 2.45) is 0 Å². The Kier molecular flexibility index (Phi) is 4.54. The average Bonchev–Trinajstić information content (AvgIpc) is 2.77. The first kappa shape index (κ1) is 19.7. The number of hydrogen-bond acceptors (Lipinski definition) is 2. The third-order valence-corrected chi connectivity index (χ3v) is 5.12. The first-order chi connectivity index (χ1) is 12.3. The third kappa shape index (κ3) is 3.55. The molecule has 2 aromatic rings. The summed E-state index contributed by atoms with van der Waals surface area (Å²) < 4.78 is 42.6. The molecule has 1 N–H and O–H groups in total. The maximum atomic E-state index is 14.2. The maximum Gasteiger partial charge on any atom is 0.409 e. The van der Waals surface area contributed by atoms with E-state index in [1.807, 2.05) is 32.9 Å². The van der Waals surface area contributed by atoms with E-state index in [-0.39, 0.29) is 17.4 Å². The van der Waals surface area contributed by atoms with Crippen molar-refractivity contribution in [1.82, 2.24) is 10.4 Å². The van der Waals surface area contributed by atoms with Gasteiger partial charge in [-0.2, -0.15) is 18.2 Å². The number of carbonyl (C=O) groups is 1. The Balaban J connectivity index is 2.26. The van der Waals surface area contributed by atoms with Gasteiger partial charge in [0.05, 0.1) is 0 Å². The highest BCUT2D eigenvalue weighted by Gasteiger charge is 2.53. The maximum absolute atomic E-state index is 14.2. The number of halogens is 3. The van der Waals surface area contributed by atoms with E-state index in [0.717, 1.165) is 16.0 Å². The molecule has 146 valence electrons. The van der Waals surface area contributed by atoms with Gasteiger partial charge in [-0.1, -0.05) is 57.2 Å². The van der Waals surface area contributed by atoms with Crippen molar-refractivity contribution in [3.63, 3.8) is 0 Å². The number of amides is 1. The summed E-state index contributed by atoms with van der Waals surface area (Å²) in [6.45, 7) is 9.42. The number of nitrogens with one attached hydrogen (secondary N) is 1. The van der Waals surface area contributed by atoms with Crippen LogP contribution in [0, 0.1) is 0 Å². The molecule has 1 aliphatic heterocycles. The molecule has 0 unspecified atom stereocenters. The lowest BCUT2D eigenvalue weighted by molar-refractivity contribution is -0.203. The molecule has 0 aromatic heterocycles. The predicted molar refractivity (Wildman–Crippen MR) is 100 cm³/mol. The summed E-state index contributed by atoms with van der Waals surface area (Å²) in [7, 11) is 0. The Hall–Kier alpha value is -2.08. The first-order valence-corrected chi connectivity index (χ1v) is 9.00. The highest BCUT2D eigenvalue weighted by Crippen LogP contribution is 2.45. The summed E-state index contributed by atoms with van der Waals surface area (Å²) >= 11 is 0. The molecule has 2 aromatic carbocycles. The van der Waals surface area contributed by atoms with Crippen molar-refractivity contribution in [3.8, 4) is 0 Å². The van der Waals surface area contributed by atoms with Crippen LogP contribution in [0.3, 0.4) is 0 Å². The molecule has 3 rings (SSSR count). The zero-order valence-electron chi connectivity index (χ0n) is 16.2. The number of alkyl halides is 3. The number of carbonyl (C=O) groups excluding carboxylic acids is 1. The molecular weight excluding hydrogens is 353 g/mol. The van der Waals surface area contributed by atoms with Gasteiger partial charge >= 0.3 is 6.18 Å². The van der Waals surface area contributed by atoms with Crippen LogP contribution in [0.4, 0.5) is 13.2 Å². The van der Waals surface area contributed by atoms with E-state index < -0.39 is 23.7 Å². The fraction of sp³-hybridized carbons (Fsp3) is 0.476. The molecule has 1 aliphatic rings. The van der Waals surface area contributed by atoms with E-state index in [1.54, 1.807) is 38.1 Å². The summed E-state index contributed by atoms with van der Waals surface area (Å²) in [5, 5.41) is 2.43. The molecule has 0 spiro atoms. The molecule has 1 heterocycles. The van der Waals surface area contributed by atoms with Gasteiger partial charge in [0.2, 0.25) is 5.91 Å². The van der Waals surface area contributed by atoms with Crippen LogP contribution in [0.25, 0.3) is 10.8 Å². The van der Waals surface area contributed by atoms with E-state index in [0.29, 0.717) is 5.39 Å². The van der Waals surface area contributed by atoms with Crippen LogP contribution >= 0.6 is 0 Å². The lowest BCUT2D eigenvalue weighted by Crippen LogP contribution is -2.51. The van der Waals surface area contributed by atoms with E-state index >= 15 is 0 Å². The Bertz CT molecular complexity index is 881. The molecule has 0 aliphatic carbocycles. The summed E-state index contributed by atoms with van der Waals surface area (Å²) in [6, 6.07) is 8.59. The Morgan fingerprint density at radius 1 is 1.04 bits per heavy atom. The monoisotopic (exact) mass is 378 g/mol. The number of hydrogen-bond donors (Lipinski definition) is 1. The van der Waals surface area contributed by atoms with Crippen molar-refractivity contribution in [1.29, 1.82) is 0 Å². The first-order valence-electron chi connectivity index (χ1n) is 9.00. The minimum absolute atomic E-state index is 0.0254. The molecule has 27 heavy (non-hydrogen) atoms. The van der Waals surface area contributed by atoms with Crippen LogP contribution in [0.2, 0.25) is 0 Å². The van der Waals surface area contributed by atoms with E-state index in [1.165, 1.54) is 0 Å². The van der Waals surface area contributed by atoms with Crippen molar-refractivity contribution in [2.45, 2.75) is 64.2 Å².